The average molecular weight is 273 g/mol. The van der Waals surface area contributed by atoms with E-state index in [0.29, 0.717) is 0 Å². The summed E-state index contributed by atoms with van der Waals surface area (Å²) in [6.45, 7) is 0.133. The third kappa shape index (κ3) is 3.33. The van der Waals surface area contributed by atoms with E-state index in [1.165, 1.54) is 50.5 Å². The van der Waals surface area contributed by atoms with E-state index in [1.807, 2.05) is 6.07 Å². The molecule has 0 unspecified atom stereocenters. The molecule has 3 rings (SSSR count). The van der Waals surface area contributed by atoms with Gasteiger partial charge in [0, 0.05) is 0 Å². The van der Waals surface area contributed by atoms with Crippen molar-refractivity contribution in [3.05, 3.63) is 23.8 Å². The van der Waals surface area contributed by atoms with Gasteiger partial charge in [-0.1, -0.05) is 44.6 Å². The number of hydrogen-bond acceptors (Lipinski definition) is 2. The summed E-state index contributed by atoms with van der Waals surface area (Å²) in [5, 5.41) is 2.88. The number of benzene rings is 1. The maximum Gasteiger partial charge on any atom is 0.262 e. The van der Waals surface area contributed by atoms with E-state index in [2.05, 4.69) is 17.4 Å². The molecule has 3 heteroatoms. The van der Waals surface area contributed by atoms with E-state index in [-0.39, 0.29) is 12.5 Å². The molecule has 0 spiro atoms. The van der Waals surface area contributed by atoms with Gasteiger partial charge in [0.15, 0.2) is 6.61 Å². The lowest BCUT2D eigenvalue weighted by atomic mass is 9.85. The first kappa shape index (κ1) is 13.5. The molecule has 0 aromatic heterocycles. The van der Waals surface area contributed by atoms with E-state index in [4.69, 9.17) is 4.74 Å². The van der Waals surface area contributed by atoms with Gasteiger partial charge in [0.05, 0.1) is 5.69 Å². The summed E-state index contributed by atoms with van der Waals surface area (Å²) in [6.07, 6.45) is 10.8. The Morgan fingerprint density at radius 2 is 2.05 bits per heavy atom. The Bertz CT molecular complexity index is 478. The van der Waals surface area contributed by atoms with Gasteiger partial charge in [-0.2, -0.15) is 0 Å². The molecule has 1 saturated carbocycles. The van der Waals surface area contributed by atoms with Crippen LogP contribution in [0.4, 0.5) is 5.69 Å². The lowest BCUT2D eigenvalue weighted by Crippen LogP contribution is -2.25. The molecule has 0 saturated heterocycles. The predicted molar refractivity (Wildman–Crippen MR) is 80.1 cm³/mol. The fourth-order valence-electron chi connectivity index (χ4n) is 3.36. The minimum Gasteiger partial charge on any atom is -0.482 e. The van der Waals surface area contributed by atoms with Gasteiger partial charge in [-0.25, -0.2) is 0 Å². The molecular weight excluding hydrogens is 250 g/mol. The highest BCUT2D eigenvalue weighted by molar-refractivity contribution is 5.95. The largest absolute Gasteiger partial charge is 0.482 e. The molecule has 1 aliphatic heterocycles. The number of ether oxygens (including phenoxy) is 1. The number of anilines is 1. The number of carbonyl (C=O) groups excluding carboxylic acids is 1. The number of carbonyl (C=O) groups is 1. The molecule has 0 radical (unpaired) electrons. The topological polar surface area (TPSA) is 38.3 Å². The number of rotatable bonds is 4. The van der Waals surface area contributed by atoms with Crippen molar-refractivity contribution in [2.75, 3.05) is 11.9 Å². The van der Waals surface area contributed by atoms with Gasteiger partial charge in [-0.05, 0) is 36.5 Å². The molecule has 1 heterocycles. The smallest absolute Gasteiger partial charge is 0.262 e. The minimum atomic E-state index is -0.0585. The van der Waals surface area contributed by atoms with Crippen LogP contribution in [0.5, 0.6) is 5.75 Å². The van der Waals surface area contributed by atoms with Crippen molar-refractivity contribution in [3.8, 4) is 5.75 Å². The van der Waals surface area contributed by atoms with Gasteiger partial charge in [0.25, 0.3) is 5.91 Å². The maximum absolute atomic E-state index is 11.3. The van der Waals surface area contributed by atoms with Crippen LogP contribution in [0, 0.1) is 5.92 Å². The van der Waals surface area contributed by atoms with Crippen LogP contribution in [-0.4, -0.2) is 12.5 Å². The fourth-order valence-corrected chi connectivity index (χ4v) is 3.36. The van der Waals surface area contributed by atoms with Crippen molar-refractivity contribution >= 4 is 11.6 Å². The summed E-state index contributed by atoms with van der Waals surface area (Å²) < 4.78 is 5.38. The molecule has 1 fully saturated rings. The van der Waals surface area contributed by atoms with Crippen LogP contribution < -0.4 is 10.1 Å². The normalized spacial score (nSPS) is 19.1. The Labute approximate surface area is 120 Å². The second kappa shape index (κ2) is 6.29. The quantitative estimate of drug-likeness (QED) is 0.903. The summed E-state index contributed by atoms with van der Waals surface area (Å²) in [5.74, 6) is 1.68. The average Bonchev–Trinajstić information content (AvgIpc) is 2.48. The van der Waals surface area contributed by atoms with Crippen LogP contribution in [-0.2, 0) is 11.2 Å². The van der Waals surface area contributed by atoms with Crippen LogP contribution in [0.3, 0.4) is 0 Å². The summed E-state index contributed by atoms with van der Waals surface area (Å²) in [6, 6.07) is 6.16. The van der Waals surface area contributed by atoms with Gasteiger partial charge in [0.1, 0.15) is 5.75 Å². The first-order valence-corrected chi connectivity index (χ1v) is 7.87. The third-order valence-corrected chi connectivity index (χ3v) is 4.48. The van der Waals surface area contributed by atoms with Crippen molar-refractivity contribution in [2.45, 2.75) is 51.4 Å². The number of aryl methyl sites for hydroxylation is 1. The number of fused-ring (bicyclic) bond motifs is 1. The van der Waals surface area contributed by atoms with Crippen LogP contribution >= 0.6 is 0 Å². The highest BCUT2D eigenvalue weighted by Gasteiger charge is 2.16. The molecule has 20 heavy (non-hydrogen) atoms. The third-order valence-electron chi connectivity index (χ3n) is 4.48. The molecule has 1 aromatic carbocycles. The molecule has 0 bridgehead atoms. The van der Waals surface area contributed by atoms with Crippen LogP contribution in [0.1, 0.15) is 50.5 Å². The van der Waals surface area contributed by atoms with Gasteiger partial charge in [-0.15, -0.1) is 0 Å². The minimum absolute atomic E-state index is 0.0585. The molecular formula is C17H23NO2. The summed E-state index contributed by atoms with van der Waals surface area (Å²) >= 11 is 0. The van der Waals surface area contributed by atoms with E-state index < -0.39 is 0 Å². The Morgan fingerprint density at radius 3 is 2.90 bits per heavy atom. The number of hydrogen-bond donors (Lipinski definition) is 1. The zero-order valence-electron chi connectivity index (χ0n) is 12.0. The summed E-state index contributed by atoms with van der Waals surface area (Å²) in [4.78, 5) is 11.3. The van der Waals surface area contributed by atoms with E-state index >= 15 is 0 Å². The van der Waals surface area contributed by atoms with Crippen molar-refractivity contribution in [1.29, 1.82) is 0 Å². The monoisotopic (exact) mass is 273 g/mol. The first-order valence-electron chi connectivity index (χ1n) is 7.87. The summed E-state index contributed by atoms with van der Waals surface area (Å²) in [7, 11) is 0. The Kier molecular flexibility index (Phi) is 4.24. The highest BCUT2D eigenvalue weighted by atomic mass is 16.5. The molecule has 3 nitrogen and oxygen atoms in total. The molecule has 1 amide bonds. The zero-order chi connectivity index (χ0) is 13.8. The molecule has 0 atom stereocenters. The van der Waals surface area contributed by atoms with Gasteiger partial charge >= 0.3 is 0 Å². The van der Waals surface area contributed by atoms with Crippen LogP contribution in [0.2, 0.25) is 0 Å². The molecule has 2 aliphatic rings. The van der Waals surface area contributed by atoms with Crippen LogP contribution in [0.15, 0.2) is 18.2 Å². The fraction of sp³-hybridized carbons (Fsp3) is 0.588. The predicted octanol–water partition coefficient (Wildman–Crippen LogP) is 3.92. The SMILES string of the molecule is O=C1COc2ccc(CCCC3CCCCC3)cc2N1. The van der Waals surface area contributed by atoms with Crippen molar-refractivity contribution < 1.29 is 9.53 Å². The maximum atomic E-state index is 11.3. The van der Waals surface area contributed by atoms with Crippen LogP contribution in [0.25, 0.3) is 0 Å². The first-order chi connectivity index (χ1) is 9.81. The van der Waals surface area contributed by atoms with Gasteiger partial charge in [0.2, 0.25) is 0 Å². The molecule has 1 aromatic rings. The molecule has 1 aliphatic carbocycles. The highest BCUT2D eigenvalue weighted by Crippen LogP contribution is 2.30. The molecule has 108 valence electrons. The number of nitrogens with one attached hydrogen (secondary N) is 1. The van der Waals surface area contributed by atoms with Crippen molar-refractivity contribution in [1.82, 2.24) is 0 Å². The Balaban J connectivity index is 1.52. The standard InChI is InChI=1S/C17H23NO2/c19-17-12-20-16-10-9-14(11-15(16)18-17)8-4-7-13-5-2-1-3-6-13/h9-11,13H,1-8,12H2,(H,18,19). The Hall–Kier alpha value is -1.51. The Morgan fingerprint density at radius 1 is 1.20 bits per heavy atom. The second-order valence-corrected chi connectivity index (χ2v) is 6.06. The summed E-state index contributed by atoms with van der Waals surface area (Å²) in [5.41, 5.74) is 2.13. The van der Waals surface area contributed by atoms with Gasteiger partial charge < -0.3 is 10.1 Å². The van der Waals surface area contributed by atoms with Gasteiger partial charge in [-0.3, -0.25) is 4.79 Å². The second-order valence-electron chi connectivity index (χ2n) is 6.06. The molecule has 1 N–H and O–H groups in total. The lowest BCUT2D eigenvalue weighted by molar-refractivity contribution is -0.118. The van der Waals surface area contributed by atoms with E-state index in [0.717, 1.165) is 23.8 Å². The van der Waals surface area contributed by atoms with Crippen molar-refractivity contribution in [3.63, 3.8) is 0 Å². The lowest BCUT2D eigenvalue weighted by Gasteiger charge is -2.21. The van der Waals surface area contributed by atoms with E-state index in [1.54, 1.807) is 0 Å². The van der Waals surface area contributed by atoms with Crippen molar-refractivity contribution in [2.24, 2.45) is 5.92 Å². The number of amides is 1. The van der Waals surface area contributed by atoms with E-state index in [9.17, 15) is 4.79 Å². The zero-order valence-corrected chi connectivity index (χ0v) is 12.0.